The largest absolute Gasteiger partial charge is 0.478 e. The Kier molecular flexibility index (Phi) is 5.41. The van der Waals surface area contributed by atoms with Crippen LogP contribution in [0.2, 0.25) is 0 Å². The molecule has 1 saturated heterocycles. The fourth-order valence-corrected chi connectivity index (χ4v) is 3.79. The lowest BCUT2D eigenvalue weighted by molar-refractivity contribution is -0.133. The summed E-state index contributed by atoms with van der Waals surface area (Å²) in [5, 5.41) is 16.1. The molecule has 9 heteroatoms. The number of hydrogen-bond acceptors (Lipinski definition) is 5. The maximum absolute atomic E-state index is 12.8. The van der Waals surface area contributed by atoms with Gasteiger partial charge in [0, 0.05) is 49.4 Å². The molecule has 0 radical (unpaired) electrons. The van der Waals surface area contributed by atoms with Crippen LogP contribution in [0.5, 0.6) is 0 Å². The van der Waals surface area contributed by atoms with Crippen molar-refractivity contribution in [2.45, 2.75) is 38.8 Å². The second kappa shape index (κ2) is 7.65. The first-order chi connectivity index (χ1) is 13.6. The highest BCUT2D eigenvalue weighted by molar-refractivity contribution is 5.95. The average Bonchev–Trinajstić information content (AvgIpc) is 3.22. The van der Waals surface area contributed by atoms with Crippen LogP contribution in [0.3, 0.4) is 0 Å². The molecule has 1 fully saturated rings. The van der Waals surface area contributed by atoms with Gasteiger partial charge in [-0.05, 0) is 32.9 Å². The molecule has 1 aliphatic rings. The molecular formula is C20H25N5O4. The maximum Gasteiger partial charge on any atom is 0.335 e. The lowest BCUT2D eigenvalue weighted by atomic mass is 9.93. The van der Waals surface area contributed by atoms with Crippen LogP contribution in [0.25, 0.3) is 0 Å². The number of nitrogens with zero attached hydrogens (tertiary/aromatic N) is 4. The topological polar surface area (TPSA) is 117 Å². The van der Waals surface area contributed by atoms with E-state index in [1.807, 2.05) is 38.9 Å². The molecule has 0 bridgehead atoms. The zero-order valence-corrected chi connectivity index (χ0v) is 16.9. The number of aryl methyl sites for hydroxylation is 1. The van der Waals surface area contributed by atoms with Crippen LogP contribution < -0.4 is 5.32 Å². The van der Waals surface area contributed by atoms with E-state index in [2.05, 4.69) is 15.4 Å². The molecule has 9 nitrogen and oxygen atoms in total. The summed E-state index contributed by atoms with van der Waals surface area (Å²) in [6.07, 6.45) is 5.22. The molecule has 0 aromatic carbocycles. The molecule has 0 saturated carbocycles. The van der Waals surface area contributed by atoms with Crippen molar-refractivity contribution < 1.29 is 19.5 Å². The third-order valence-corrected chi connectivity index (χ3v) is 4.98. The monoisotopic (exact) mass is 399 g/mol. The van der Waals surface area contributed by atoms with Gasteiger partial charge in [-0.3, -0.25) is 19.3 Å². The number of carboxylic acid groups (broad SMARTS) is 1. The van der Waals surface area contributed by atoms with Crippen LogP contribution in [-0.2, 0) is 11.8 Å². The number of carboxylic acids is 1. The van der Waals surface area contributed by atoms with Crippen molar-refractivity contribution in [2.24, 2.45) is 13.0 Å². The van der Waals surface area contributed by atoms with Crippen molar-refractivity contribution in [1.29, 1.82) is 0 Å². The summed E-state index contributed by atoms with van der Waals surface area (Å²) < 4.78 is 1.69. The van der Waals surface area contributed by atoms with E-state index in [9.17, 15) is 14.4 Å². The number of rotatable bonds is 5. The highest BCUT2D eigenvalue weighted by Gasteiger charge is 2.45. The van der Waals surface area contributed by atoms with Gasteiger partial charge in [0.15, 0.2) is 0 Å². The van der Waals surface area contributed by atoms with Crippen LogP contribution in [0.4, 0.5) is 0 Å². The minimum Gasteiger partial charge on any atom is -0.478 e. The Morgan fingerprint density at radius 1 is 1.34 bits per heavy atom. The first-order valence-corrected chi connectivity index (χ1v) is 9.36. The van der Waals surface area contributed by atoms with E-state index in [0.717, 1.165) is 5.56 Å². The quantitative estimate of drug-likeness (QED) is 0.789. The van der Waals surface area contributed by atoms with Crippen molar-refractivity contribution >= 4 is 17.8 Å². The SMILES string of the molecule is Cn1cc([C@@H]2[C@@H](CNC(=O)c3cc(C(=O)O)ccn3)CC(=O)N2C(C)(C)C)cn1. The highest BCUT2D eigenvalue weighted by Crippen LogP contribution is 2.42. The van der Waals surface area contributed by atoms with Crippen LogP contribution >= 0.6 is 0 Å². The predicted octanol–water partition coefficient (Wildman–Crippen LogP) is 1.63. The van der Waals surface area contributed by atoms with E-state index in [4.69, 9.17) is 5.11 Å². The first-order valence-electron chi connectivity index (χ1n) is 9.36. The van der Waals surface area contributed by atoms with E-state index in [0.29, 0.717) is 6.42 Å². The number of carbonyl (C=O) groups is 3. The number of pyridine rings is 1. The van der Waals surface area contributed by atoms with Crippen molar-refractivity contribution in [1.82, 2.24) is 25.0 Å². The van der Waals surface area contributed by atoms with E-state index in [1.165, 1.54) is 18.3 Å². The number of carbonyl (C=O) groups excluding carboxylic acids is 2. The Morgan fingerprint density at radius 3 is 2.66 bits per heavy atom. The minimum absolute atomic E-state index is 0.00617. The van der Waals surface area contributed by atoms with Gasteiger partial charge in [0.05, 0.1) is 17.8 Å². The molecular weight excluding hydrogens is 374 g/mol. The Bertz CT molecular complexity index is 946. The van der Waals surface area contributed by atoms with Crippen molar-refractivity contribution in [2.75, 3.05) is 6.54 Å². The first kappa shape index (κ1) is 20.5. The Morgan fingerprint density at radius 2 is 2.07 bits per heavy atom. The molecule has 1 aliphatic heterocycles. The molecule has 154 valence electrons. The molecule has 0 aliphatic carbocycles. The lowest BCUT2D eigenvalue weighted by Crippen LogP contribution is -2.44. The molecule has 29 heavy (non-hydrogen) atoms. The number of hydrogen-bond donors (Lipinski definition) is 2. The van der Waals surface area contributed by atoms with E-state index in [-0.39, 0.29) is 41.2 Å². The predicted molar refractivity (Wildman–Crippen MR) is 104 cm³/mol. The summed E-state index contributed by atoms with van der Waals surface area (Å²) in [6, 6.07) is 2.35. The van der Waals surface area contributed by atoms with Crippen LogP contribution in [0.1, 0.15) is 59.6 Å². The normalized spacial score (nSPS) is 19.4. The zero-order chi connectivity index (χ0) is 21.3. The highest BCUT2D eigenvalue weighted by atomic mass is 16.4. The summed E-state index contributed by atoms with van der Waals surface area (Å²) in [5.74, 6) is -1.71. The fourth-order valence-electron chi connectivity index (χ4n) is 3.79. The second-order valence-electron chi connectivity index (χ2n) is 8.24. The van der Waals surface area contributed by atoms with E-state index >= 15 is 0 Å². The smallest absolute Gasteiger partial charge is 0.335 e. The Hall–Kier alpha value is -3.23. The number of likely N-dealkylation sites (tertiary alicyclic amines) is 1. The van der Waals surface area contributed by atoms with Crippen LogP contribution in [0, 0.1) is 5.92 Å². The summed E-state index contributed by atoms with van der Waals surface area (Å²) in [5.41, 5.74) is 0.556. The summed E-state index contributed by atoms with van der Waals surface area (Å²) in [6.45, 7) is 6.21. The van der Waals surface area contributed by atoms with Gasteiger partial charge in [0.2, 0.25) is 5.91 Å². The number of aromatic carboxylic acids is 1. The Balaban J connectivity index is 1.80. The third kappa shape index (κ3) is 4.28. The van der Waals surface area contributed by atoms with Gasteiger partial charge in [0.1, 0.15) is 5.69 Å². The average molecular weight is 399 g/mol. The van der Waals surface area contributed by atoms with Gasteiger partial charge in [-0.2, -0.15) is 5.10 Å². The minimum atomic E-state index is -1.12. The van der Waals surface area contributed by atoms with Crippen LogP contribution in [-0.4, -0.2) is 54.6 Å². The molecule has 2 N–H and O–H groups in total. The molecule has 2 atom stereocenters. The van der Waals surface area contributed by atoms with Crippen molar-refractivity contribution in [3.05, 3.63) is 47.5 Å². The lowest BCUT2D eigenvalue weighted by Gasteiger charge is -2.38. The molecule has 0 unspecified atom stereocenters. The van der Waals surface area contributed by atoms with E-state index in [1.54, 1.807) is 10.9 Å². The van der Waals surface area contributed by atoms with Gasteiger partial charge >= 0.3 is 5.97 Å². The molecule has 3 rings (SSSR count). The number of amides is 2. The number of aromatic nitrogens is 3. The number of nitrogens with one attached hydrogen (secondary N) is 1. The molecule has 2 aromatic heterocycles. The van der Waals surface area contributed by atoms with Gasteiger partial charge in [-0.15, -0.1) is 0 Å². The van der Waals surface area contributed by atoms with Gasteiger partial charge < -0.3 is 15.3 Å². The molecule has 3 heterocycles. The molecule has 2 amide bonds. The third-order valence-electron chi connectivity index (χ3n) is 4.98. The van der Waals surface area contributed by atoms with E-state index < -0.39 is 11.9 Å². The standard InChI is InChI=1S/C20H25N5O4/c1-20(2,3)25-16(26)8-13(17(25)14-10-23-24(4)11-14)9-22-18(27)15-7-12(19(28)29)5-6-21-15/h5-7,10-11,13,17H,8-9H2,1-4H3,(H,22,27)(H,28,29)/t13-,17+/m1/s1. The Labute approximate surface area is 168 Å². The maximum atomic E-state index is 12.8. The summed E-state index contributed by atoms with van der Waals surface area (Å²) >= 11 is 0. The van der Waals surface area contributed by atoms with Gasteiger partial charge in [0.25, 0.3) is 5.91 Å². The summed E-state index contributed by atoms with van der Waals surface area (Å²) in [4.78, 5) is 42.2. The summed E-state index contributed by atoms with van der Waals surface area (Å²) in [7, 11) is 1.82. The fraction of sp³-hybridized carbons (Fsp3) is 0.450. The second-order valence-corrected chi connectivity index (χ2v) is 8.24. The molecule has 0 spiro atoms. The van der Waals surface area contributed by atoms with Gasteiger partial charge in [-0.1, -0.05) is 0 Å². The van der Waals surface area contributed by atoms with Gasteiger partial charge in [-0.25, -0.2) is 4.79 Å². The van der Waals surface area contributed by atoms with Crippen molar-refractivity contribution in [3.63, 3.8) is 0 Å². The van der Waals surface area contributed by atoms with Crippen LogP contribution in [0.15, 0.2) is 30.7 Å². The zero-order valence-electron chi connectivity index (χ0n) is 16.9. The van der Waals surface area contributed by atoms with Crippen molar-refractivity contribution in [3.8, 4) is 0 Å². The molecule has 2 aromatic rings.